The molecule has 2 aliphatic rings. The van der Waals surface area contributed by atoms with Gasteiger partial charge in [-0.15, -0.1) is 0 Å². The third-order valence-corrected chi connectivity index (χ3v) is 4.19. The van der Waals surface area contributed by atoms with Crippen LogP contribution in [0.1, 0.15) is 64.3 Å². The molecular weight excluding hydrogens is 226 g/mol. The summed E-state index contributed by atoms with van der Waals surface area (Å²) >= 11 is 0. The quantitative estimate of drug-likeness (QED) is 0.711. The predicted octanol–water partition coefficient (Wildman–Crippen LogP) is 2.96. The molecule has 1 fully saturated rings. The molecular formula is C15H17NO2. The number of rotatable bonds is 1. The highest BCUT2D eigenvalue weighted by atomic mass is 16.2. The molecule has 1 saturated carbocycles. The van der Waals surface area contributed by atoms with Crippen molar-refractivity contribution in [1.29, 1.82) is 0 Å². The molecule has 0 atom stereocenters. The number of carbonyl (C=O) groups is 2. The summed E-state index contributed by atoms with van der Waals surface area (Å²) < 4.78 is 0. The Morgan fingerprint density at radius 1 is 1.00 bits per heavy atom. The van der Waals surface area contributed by atoms with Gasteiger partial charge in [-0.2, -0.15) is 0 Å². The molecule has 3 nitrogen and oxygen atoms in total. The predicted molar refractivity (Wildman–Crippen MR) is 68.7 cm³/mol. The summed E-state index contributed by atoms with van der Waals surface area (Å²) in [7, 11) is 1.55. The molecule has 0 bridgehead atoms. The third-order valence-electron chi connectivity index (χ3n) is 4.19. The first-order chi connectivity index (χ1) is 8.68. The number of hydrogen-bond acceptors (Lipinski definition) is 2. The molecule has 3 rings (SSSR count). The van der Waals surface area contributed by atoms with Gasteiger partial charge >= 0.3 is 0 Å². The van der Waals surface area contributed by atoms with E-state index in [2.05, 4.69) is 0 Å². The molecule has 18 heavy (non-hydrogen) atoms. The minimum absolute atomic E-state index is 0.160. The average molecular weight is 243 g/mol. The Balaban J connectivity index is 1.97. The Morgan fingerprint density at radius 3 is 2.39 bits per heavy atom. The van der Waals surface area contributed by atoms with Crippen LogP contribution in [0.2, 0.25) is 0 Å². The van der Waals surface area contributed by atoms with Crippen LogP contribution in [0, 0.1) is 0 Å². The molecule has 3 heteroatoms. The molecule has 0 spiro atoms. The van der Waals surface area contributed by atoms with E-state index in [1.165, 1.54) is 42.6 Å². The van der Waals surface area contributed by atoms with Gasteiger partial charge in [0.1, 0.15) is 0 Å². The van der Waals surface area contributed by atoms with Crippen LogP contribution in [-0.2, 0) is 0 Å². The molecule has 0 unspecified atom stereocenters. The second-order valence-electron chi connectivity index (χ2n) is 5.31. The van der Waals surface area contributed by atoms with E-state index >= 15 is 0 Å². The van der Waals surface area contributed by atoms with Crippen molar-refractivity contribution in [2.45, 2.75) is 38.0 Å². The highest BCUT2D eigenvalue weighted by molar-refractivity contribution is 6.21. The van der Waals surface area contributed by atoms with Gasteiger partial charge in [0.15, 0.2) is 0 Å². The lowest BCUT2D eigenvalue weighted by molar-refractivity contribution is 0.0693. The van der Waals surface area contributed by atoms with Crippen molar-refractivity contribution in [3.8, 4) is 0 Å². The zero-order valence-corrected chi connectivity index (χ0v) is 10.6. The van der Waals surface area contributed by atoms with Crippen molar-refractivity contribution in [1.82, 2.24) is 4.90 Å². The van der Waals surface area contributed by atoms with Crippen LogP contribution >= 0.6 is 0 Å². The van der Waals surface area contributed by atoms with Gasteiger partial charge in [0.05, 0.1) is 11.1 Å². The van der Waals surface area contributed by atoms with E-state index in [1.54, 1.807) is 7.05 Å². The highest BCUT2D eigenvalue weighted by Gasteiger charge is 2.33. The fraction of sp³-hybridized carbons (Fsp3) is 0.467. The molecule has 1 aromatic rings. The Hall–Kier alpha value is -1.64. The second kappa shape index (κ2) is 4.23. The topological polar surface area (TPSA) is 37.4 Å². The van der Waals surface area contributed by atoms with E-state index in [9.17, 15) is 9.59 Å². The lowest BCUT2D eigenvalue weighted by atomic mass is 9.83. The molecule has 0 saturated heterocycles. The van der Waals surface area contributed by atoms with E-state index in [1.807, 2.05) is 18.2 Å². The maximum atomic E-state index is 11.9. The maximum absolute atomic E-state index is 11.9. The summed E-state index contributed by atoms with van der Waals surface area (Å²) in [6.07, 6.45) is 6.28. The SMILES string of the molecule is CN1C(=O)c2ccc(C3CCCCC3)cc2C1=O. The summed E-state index contributed by atoms with van der Waals surface area (Å²) in [6.45, 7) is 0. The molecule has 1 aliphatic carbocycles. The van der Waals surface area contributed by atoms with E-state index in [-0.39, 0.29) is 11.8 Å². The summed E-state index contributed by atoms with van der Waals surface area (Å²) in [5.41, 5.74) is 2.37. The molecule has 1 aliphatic heterocycles. The minimum atomic E-state index is -0.176. The van der Waals surface area contributed by atoms with Gasteiger partial charge in [-0.1, -0.05) is 25.3 Å². The maximum Gasteiger partial charge on any atom is 0.261 e. The van der Waals surface area contributed by atoms with Gasteiger partial charge in [-0.05, 0) is 36.5 Å². The van der Waals surface area contributed by atoms with Crippen LogP contribution in [0.25, 0.3) is 0 Å². The van der Waals surface area contributed by atoms with Crippen LogP contribution in [0.5, 0.6) is 0 Å². The number of hydrogen-bond donors (Lipinski definition) is 0. The first-order valence-corrected chi connectivity index (χ1v) is 6.65. The number of fused-ring (bicyclic) bond motifs is 1. The van der Waals surface area contributed by atoms with Crippen molar-refractivity contribution in [2.24, 2.45) is 0 Å². The van der Waals surface area contributed by atoms with Crippen LogP contribution < -0.4 is 0 Å². The van der Waals surface area contributed by atoms with Crippen molar-refractivity contribution in [3.05, 3.63) is 34.9 Å². The lowest BCUT2D eigenvalue weighted by Crippen LogP contribution is -2.24. The van der Waals surface area contributed by atoms with Crippen LogP contribution in [-0.4, -0.2) is 23.8 Å². The summed E-state index contributed by atoms with van der Waals surface area (Å²) in [5, 5.41) is 0. The van der Waals surface area contributed by atoms with E-state index in [0.29, 0.717) is 17.0 Å². The molecule has 0 aromatic heterocycles. The Morgan fingerprint density at radius 2 is 1.67 bits per heavy atom. The van der Waals surface area contributed by atoms with Gasteiger partial charge in [0, 0.05) is 7.05 Å². The summed E-state index contributed by atoms with van der Waals surface area (Å²) in [6, 6.07) is 5.79. The zero-order chi connectivity index (χ0) is 12.7. The highest BCUT2D eigenvalue weighted by Crippen LogP contribution is 2.34. The average Bonchev–Trinajstić information content (AvgIpc) is 2.65. The van der Waals surface area contributed by atoms with Crippen LogP contribution in [0.15, 0.2) is 18.2 Å². The fourth-order valence-corrected chi connectivity index (χ4v) is 3.07. The first kappa shape index (κ1) is 11.5. The molecule has 0 N–H and O–H groups in total. The zero-order valence-electron chi connectivity index (χ0n) is 10.6. The van der Waals surface area contributed by atoms with Crippen molar-refractivity contribution >= 4 is 11.8 Å². The third kappa shape index (κ3) is 1.65. The summed E-state index contributed by atoms with van der Waals surface area (Å²) in [5.74, 6) is 0.232. The Kier molecular flexibility index (Phi) is 2.69. The number of nitrogens with zero attached hydrogens (tertiary/aromatic N) is 1. The van der Waals surface area contributed by atoms with E-state index in [4.69, 9.17) is 0 Å². The van der Waals surface area contributed by atoms with Crippen molar-refractivity contribution in [2.75, 3.05) is 7.05 Å². The molecule has 1 aromatic carbocycles. The number of imide groups is 1. The normalized spacial score (nSPS) is 20.4. The first-order valence-electron chi connectivity index (χ1n) is 6.65. The van der Waals surface area contributed by atoms with Crippen LogP contribution in [0.3, 0.4) is 0 Å². The lowest BCUT2D eigenvalue weighted by Gasteiger charge is -2.22. The minimum Gasteiger partial charge on any atom is -0.277 e. The monoisotopic (exact) mass is 243 g/mol. The number of benzene rings is 1. The molecule has 0 radical (unpaired) electrons. The fourth-order valence-electron chi connectivity index (χ4n) is 3.07. The standard InChI is InChI=1S/C15H17NO2/c1-16-14(17)12-8-7-11(9-13(12)15(16)18)10-5-3-2-4-6-10/h7-10H,2-6H2,1H3. The van der Waals surface area contributed by atoms with Crippen molar-refractivity contribution in [3.63, 3.8) is 0 Å². The smallest absolute Gasteiger partial charge is 0.261 e. The van der Waals surface area contributed by atoms with Gasteiger partial charge in [0.2, 0.25) is 0 Å². The Labute approximate surface area is 107 Å². The van der Waals surface area contributed by atoms with Gasteiger partial charge in [0.25, 0.3) is 11.8 Å². The van der Waals surface area contributed by atoms with E-state index in [0.717, 1.165) is 0 Å². The Bertz CT molecular complexity index is 515. The molecule has 2 amide bonds. The van der Waals surface area contributed by atoms with Gasteiger partial charge < -0.3 is 0 Å². The van der Waals surface area contributed by atoms with E-state index < -0.39 is 0 Å². The van der Waals surface area contributed by atoms with Gasteiger partial charge in [-0.25, -0.2) is 0 Å². The van der Waals surface area contributed by atoms with Gasteiger partial charge in [-0.3, -0.25) is 14.5 Å². The number of carbonyl (C=O) groups excluding carboxylic acids is 2. The summed E-state index contributed by atoms with van der Waals surface area (Å²) in [4.78, 5) is 25.0. The van der Waals surface area contributed by atoms with Crippen molar-refractivity contribution < 1.29 is 9.59 Å². The molecule has 1 heterocycles. The second-order valence-corrected chi connectivity index (χ2v) is 5.31. The molecule has 94 valence electrons. The largest absolute Gasteiger partial charge is 0.277 e. The number of amides is 2. The van der Waals surface area contributed by atoms with Crippen LogP contribution in [0.4, 0.5) is 0 Å².